The van der Waals surface area contributed by atoms with Crippen LogP contribution < -0.4 is 0 Å². The standard InChI is InChI=1S/C11H19NO3/c1-10(2,3)15-9(14)12-5-4-8-6-11(8,12)7-13/h8,13H,4-7H2,1-3H3/t8-,11-/m0/s1. The van der Waals surface area contributed by atoms with Gasteiger partial charge in [-0.15, -0.1) is 0 Å². The molecule has 1 aliphatic carbocycles. The molecule has 1 aliphatic heterocycles. The number of fused-ring (bicyclic) bond motifs is 1. The van der Waals surface area contributed by atoms with Gasteiger partial charge in [-0.2, -0.15) is 0 Å². The van der Waals surface area contributed by atoms with Crippen molar-refractivity contribution in [2.45, 2.75) is 44.8 Å². The van der Waals surface area contributed by atoms with Crippen LogP contribution in [0, 0.1) is 5.92 Å². The minimum atomic E-state index is -0.458. The van der Waals surface area contributed by atoms with Gasteiger partial charge in [-0.05, 0) is 39.5 Å². The highest BCUT2D eigenvalue weighted by Crippen LogP contribution is 2.55. The molecule has 0 aromatic carbocycles. The Morgan fingerprint density at radius 3 is 2.73 bits per heavy atom. The van der Waals surface area contributed by atoms with E-state index in [0.717, 1.165) is 19.4 Å². The summed E-state index contributed by atoms with van der Waals surface area (Å²) in [4.78, 5) is 13.6. The van der Waals surface area contributed by atoms with E-state index in [1.54, 1.807) is 4.90 Å². The second-order valence-electron chi connectivity index (χ2n) is 5.58. The Morgan fingerprint density at radius 2 is 2.27 bits per heavy atom. The number of rotatable bonds is 1. The molecule has 2 rings (SSSR count). The van der Waals surface area contributed by atoms with Gasteiger partial charge in [0.15, 0.2) is 0 Å². The maximum atomic E-state index is 11.9. The summed E-state index contributed by atoms with van der Waals surface area (Å²) in [5.74, 6) is 0.495. The summed E-state index contributed by atoms with van der Waals surface area (Å²) in [6, 6.07) is 0. The molecule has 1 amide bonds. The Hall–Kier alpha value is -0.770. The third-order valence-electron chi connectivity index (χ3n) is 3.33. The molecule has 0 aromatic rings. The lowest BCUT2D eigenvalue weighted by Crippen LogP contribution is -2.45. The molecular formula is C11H19NO3. The third kappa shape index (κ3) is 1.71. The quantitative estimate of drug-likeness (QED) is 0.716. The van der Waals surface area contributed by atoms with Gasteiger partial charge in [0, 0.05) is 6.54 Å². The van der Waals surface area contributed by atoms with Gasteiger partial charge in [0.1, 0.15) is 5.60 Å². The van der Waals surface area contributed by atoms with Crippen molar-refractivity contribution in [1.82, 2.24) is 4.90 Å². The summed E-state index contributed by atoms with van der Waals surface area (Å²) < 4.78 is 5.32. The van der Waals surface area contributed by atoms with Crippen molar-refractivity contribution in [2.24, 2.45) is 5.92 Å². The monoisotopic (exact) mass is 213 g/mol. The van der Waals surface area contributed by atoms with Crippen molar-refractivity contribution in [3.05, 3.63) is 0 Å². The Kier molecular flexibility index (Phi) is 2.23. The number of nitrogens with zero attached hydrogens (tertiary/aromatic N) is 1. The minimum absolute atomic E-state index is 0.0664. The summed E-state index contributed by atoms with van der Waals surface area (Å²) >= 11 is 0. The molecule has 1 heterocycles. The lowest BCUT2D eigenvalue weighted by Gasteiger charge is -2.30. The second-order valence-corrected chi connectivity index (χ2v) is 5.58. The maximum absolute atomic E-state index is 11.9. The molecule has 2 aliphatic rings. The van der Waals surface area contributed by atoms with Gasteiger partial charge in [0.25, 0.3) is 0 Å². The SMILES string of the molecule is CC(C)(C)OC(=O)N1CC[C@H]2C[C@]21CO. The first-order valence-corrected chi connectivity index (χ1v) is 5.50. The highest BCUT2D eigenvalue weighted by Gasteiger charge is 2.63. The molecule has 1 saturated heterocycles. The van der Waals surface area contributed by atoms with Gasteiger partial charge < -0.3 is 9.84 Å². The molecule has 0 unspecified atom stereocenters. The Balaban J connectivity index is 2.02. The summed E-state index contributed by atoms with van der Waals surface area (Å²) in [7, 11) is 0. The molecule has 4 nitrogen and oxygen atoms in total. The first-order chi connectivity index (χ1) is 6.89. The number of hydrogen-bond donors (Lipinski definition) is 1. The largest absolute Gasteiger partial charge is 0.444 e. The Bertz CT molecular complexity index is 280. The van der Waals surface area contributed by atoms with Gasteiger partial charge in [-0.3, -0.25) is 4.90 Å². The van der Waals surface area contributed by atoms with E-state index in [9.17, 15) is 9.90 Å². The van der Waals surface area contributed by atoms with Crippen molar-refractivity contribution in [3.63, 3.8) is 0 Å². The van der Waals surface area contributed by atoms with Crippen LogP contribution in [0.5, 0.6) is 0 Å². The summed E-state index contributed by atoms with van der Waals surface area (Å²) in [5, 5.41) is 9.34. The lowest BCUT2D eigenvalue weighted by molar-refractivity contribution is 0.0105. The smallest absolute Gasteiger partial charge is 0.410 e. The van der Waals surface area contributed by atoms with Gasteiger partial charge in [0.05, 0.1) is 12.1 Å². The van der Waals surface area contributed by atoms with Crippen LogP contribution in [-0.2, 0) is 4.74 Å². The molecule has 0 radical (unpaired) electrons. The predicted molar refractivity (Wildman–Crippen MR) is 55.5 cm³/mol. The van der Waals surface area contributed by atoms with Crippen molar-refractivity contribution in [2.75, 3.05) is 13.2 Å². The first kappa shape index (κ1) is 10.7. The highest BCUT2D eigenvalue weighted by molar-refractivity contribution is 5.71. The highest BCUT2D eigenvalue weighted by atomic mass is 16.6. The van der Waals surface area contributed by atoms with Gasteiger partial charge >= 0.3 is 6.09 Å². The van der Waals surface area contributed by atoms with Crippen LogP contribution in [0.15, 0.2) is 0 Å². The van der Waals surface area contributed by atoms with Crippen LogP contribution in [-0.4, -0.2) is 40.4 Å². The van der Waals surface area contributed by atoms with E-state index in [0.29, 0.717) is 5.92 Å². The zero-order valence-corrected chi connectivity index (χ0v) is 9.62. The molecule has 0 aromatic heterocycles. The van der Waals surface area contributed by atoms with E-state index in [1.807, 2.05) is 20.8 Å². The normalized spacial score (nSPS) is 33.9. The predicted octanol–water partition coefficient (Wildman–Crippen LogP) is 1.38. The zero-order chi connectivity index (χ0) is 11.3. The molecule has 0 spiro atoms. The van der Waals surface area contributed by atoms with Crippen LogP contribution in [0.25, 0.3) is 0 Å². The number of carbonyl (C=O) groups is 1. The minimum Gasteiger partial charge on any atom is -0.444 e. The third-order valence-corrected chi connectivity index (χ3v) is 3.33. The molecule has 15 heavy (non-hydrogen) atoms. The van der Waals surface area contributed by atoms with E-state index >= 15 is 0 Å². The molecule has 86 valence electrons. The van der Waals surface area contributed by atoms with Crippen LogP contribution in [0.1, 0.15) is 33.6 Å². The topological polar surface area (TPSA) is 49.8 Å². The van der Waals surface area contributed by atoms with Gasteiger partial charge in [-0.25, -0.2) is 4.79 Å². The van der Waals surface area contributed by atoms with Crippen molar-refractivity contribution in [1.29, 1.82) is 0 Å². The number of aliphatic hydroxyl groups is 1. The zero-order valence-electron chi connectivity index (χ0n) is 9.62. The van der Waals surface area contributed by atoms with E-state index in [-0.39, 0.29) is 18.2 Å². The molecule has 1 N–H and O–H groups in total. The number of hydrogen-bond acceptors (Lipinski definition) is 3. The number of amides is 1. The molecule has 2 fully saturated rings. The molecular weight excluding hydrogens is 194 g/mol. The van der Waals surface area contributed by atoms with E-state index in [4.69, 9.17) is 4.74 Å². The van der Waals surface area contributed by atoms with Crippen molar-refractivity contribution < 1.29 is 14.6 Å². The molecule has 4 heteroatoms. The average molecular weight is 213 g/mol. The fraction of sp³-hybridized carbons (Fsp3) is 0.909. The van der Waals surface area contributed by atoms with Crippen molar-refractivity contribution >= 4 is 6.09 Å². The summed E-state index contributed by atoms with van der Waals surface area (Å²) in [6.07, 6.45) is 1.65. The van der Waals surface area contributed by atoms with Crippen LogP contribution in [0.2, 0.25) is 0 Å². The lowest BCUT2D eigenvalue weighted by atomic mass is 10.2. The van der Waals surface area contributed by atoms with E-state index in [2.05, 4.69) is 0 Å². The molecule has 0 bridgehead atoms. The summed E-state index contributed by atoms with van der Waals surface area (Å²) in [6.45, 7) is 6.36. The second kappa shape index (κ2) is 3.11. The average Bonchev–Trinajstić information content (AvgIpc) is 2.70. The van der Waals surface area contributed by atoms with E-state index < -0.39 is 5.60 Å². The first-order valence-electron chi connectivity index (χ1n) is 5.50. The summed E-state index contributed by atoms with van der Waals surface area (Å²) in [5.41, 5.74) is -0.733. The number of piperidine rings is 1. The Morgan fingerprint density at radius 1 is 1.60 bits per heavy atom. The van der Waals surface area contributed by atoms with Crippen molar-refractivity contribution in [3.8, 4) is 0 Å². The molecule has 2 atom stereocenters. The van der Waals surface area contributed by atoms with E-state index in [1.165, 1.54) is 0 Å². The fourth-order valence-electron chi connectivity index (χ4n) is 2.45. The van der Waals surface area contributed by atoms with Gasteiger partial charge in [0.2, 0.25) is 0 Å². The maximum Gasteiger partial charge on any atom is 0.410 e. The number of aliphatic hydroxyl groups excluding tert-OH is 1. The van der Waals surface area contributed by atoms with Gasteiger partial charge in [-0.1, -0.05) is 0 Å². The number of likely N-dealkylation sites (tertiary alicyclic amines) is 1. The van der Waals surface area contributed by atoms with Crippen LogP contribution in [0.4, 0.5) is 4.79 Å². The molecule has 1 saturated carbocycles. The van der Waals surface area contributed by atoms with Crippen LogP contribution >= 0.6 is 0 Å². The fourth-order valence-corrected chi connectivity index (χ4v) is 2.45. The number of ether oxygens (including phenoxy) is 1. The van der Waals surface area contributed by atoms with Crippen LogP contribution in [0.3, 0.4) is 0 Å². The number of carbonyl (C=O) groups excluding carboxylic acids is 1. The Labute approximate surface area is 90.2 Å².